The van der Waals surface area contributed by atoms with Gasteiger partial charge in [0.05, 0.1) is 6.04 Å². The minimum absolute atomic E-state index is 0.126. The van der Waals surface area contributed by atoms with E-state index in [1.165, 1.54) is 12.1 Å². The van der Waals surface area contributed by atoms with Crippen LogP contribution in [0.15, 0.2) is 54.7 Å². The van der Waals surface area contributed by atoms with Crippen molar-refractivity contribution in [1.29, 1.82) is 0 Å². The number of carboxylic acid groups (broad SMARTS) is 1. The quantitative estimate of drug-likeness (QED) is 0.433. The lowest BCUT2D eigenvalue weighted by Gasteiger charge is -2.18. The number of rotatable bonds is 7. The summed E-state index contributed by atoms with van der Waals surface area (Å²) in [5.74, 6) is -1.53. The number of aromatic nitrogens is 1. The molecule has 140 valence electrons. The van der Waals surface area contributed by atoms with Crippen LogP contribution in [0.3, 0.4) is 0 Å². The number of aromatic hydroxyl groups is 1. The number of fused-ring (bicyclic) bond motifs is 1. The van der Waals surface area contributed by atoms with Crippen molar-refractivity contribution >= 4 is 22.8 Å². The van der Waals surface area contributed by atoms with Crippen LogP contribution in [0.25, 0.3) is 10.9 Å². The minimum atomic E-state index is -1.12. The van der Waals surface area contributed by atoms with Gasteiger partial charge in [0.25, 0.3) is 0 Å². The summed E-state index contributed by atoms with van der Waals surface area (Å²) >= 11 is 0. The van der Waals surface area contributed by atoms with Crippen molar-refractivity contribution in [3.8, 4) is 5.75 Å². The number of nitrogens with one attached hydrogen (secondary N) is 2. The Morgan fingerprint density at radius 2 is 1.78 bits per heavy atom. The molecule has 0 unspecified atom stereocenters. The van der Waals surface area contributed by atoms with Crippen LogP contribution in [0.2, 0.25) is 0 Å². The first-order valence-electron chi connectivity index (χ1n) is 8.55. The van der Waals surface area contributed by atoms with Crippen molar-refractivity contribution in [1.82, 2.24) is 10.3 Å². The molecule has 0 aliphatic heterocycles. The highest BCUT2D eigenvalue weighted by Gasteiger charge is 2.24. The van der Waals surface area contributed by atoms with E-state index in [1.807, 2.05) is 24.3 Å². The van der Waals surface area contributed by atoms with Gasteiger partial charge >= 0.3 is 5.97 Å². The largest absolute Gasteiger partial charge is 0.508 e. The molecule has 0 bridgehead atoms. The van der Waals surface area contributed by atoms with Gasteiger partial charge in [-0.1, -0.05) is 30.3 Å². The predicted molar refractivity (Wildman–Crippen MR) is 101 cm³/mol. The van der Waals surface area contributed by atoms with Crippen molar-refractivity contribution in [2.45, 2.75) is 24.9 Å². The Morgan fingerprint density at radius 3 is 2.48 bits per heavy atom. The van der Waals surface area contributed by atoms with E-state index in [1.54, 1.807) is 18.3 Å². The first-order chi connectivity index (χ1) is 12.9. The second-order valence-electron chi connectivity index (χ2n) is 6.44. The van der Waals surface area contributed by atoms with E-state index < -0.39 is 24.0 Å². The van der Waals surface area contributed by atoms with Gasteiger partial charge < -0.3 is 26.2 Å². The second kappa shape index (κ2) is 7.92. The van der Waals surface area contributed by atoms with Crippen LogP contribution in [-0.2, 0) is 22.4 Å². The SMILES string of the molecule is N[C@@H](Cc1ccc(O)cc1)C(=O)N[C@H](Cc1c[nH]c2ccccc12)C(=O)O. The molecular weight excluding hydrogens is 346 g/mol. The number of phenols is 1. The number of nitrogens with two attached hydrogens (primary N) is 1. The van der Waals surface area contributed by atoms with E-state index >= 15 is 0 Å². The molecule has 3 rings (SSSR count). The van der Waals surface area contributed by atoms with E-state index in [4.69, 9.17) is 5.73 Å². The van der Waals surface area contributed by atoms with E-state index in [9.17, 15) is 19.8 Å². The van der Waals surface area contributed by atoms with Gasteiger partial charge in [0.15, 0.2) is 0 Å². The maximum atomic E-state index is 12.4. The van der Waals surface area contributed by atoms with Gasteiger partial charge in [-0.15, -0.1) is 0 Å². The molecule has 0 fully saturated rings. The molecule has 3 aromatic rings. The summed E-state index contributed by atoms with van der Waals surface area (Å²) < 4.78 is 0. The Kier molecular flexibility index (Phi) is 5.42. The third kappa shape index (κ3) is 4.45. The number of phenolic OH excluding ortho intramolecular Hbond substituents is 1. The molecule has 0 spiro atoms. The summed E-state index contributed by atoms with van der Waals surface area (Å²) in [4.78, 5) is 27.1. The number of aromatic amines is 1. The van der Waals surface area contributed by atoms with Crippen molar-refractivity contribution in [2.24, 2.45) is 5.73 Å². The van der Waals surface area contributed by atoms with Gasteiger partial charge in [0.1, 0.15) is 11.8 Å². The van der Waals surface area contributed by atoms with Gasteiger partial charge in [-0.05, 0) is 35.7 Å². The standard InChI is InChI=1S/C20H21N3O4/c21-16(9-12-5-7-14(24)8-6-12)19(25)23-18(20(26)27)10-13-11-22-17-4-2-1-3-15(13)17/h1-8,11,16,18,22,24H,9-10,21H2,(H,23,25)(H,26,27)/t16-,18+/m0/s1. The topological polar surface area (TPSA) is 128 Å². The summed E-state index contributed by atoms with van der Waals surface area (Å²) in [7, 11) is 0. The number of hydrogen-bond acceptors (Lipinski definition) is 4. The summed E-state index contributed by atoms with van der Waals surface area (Å²) in [6.07, 6.45) is 2.14. The molecule has 0 saturated heterocycles. The molecule has 0 saturated carbocycles. The third-order valence-corrected chi connectivity index (χ3v) is 4.44. The average Bonchev–Trinajstić information content (AvgIpc) is 3.06. The average molecular weight is 367 g/mol. The predicted octanol–water partition coefficient (Wildman–Crippen LogP) is 1.56. The summed E-state index contributed by atoms with van der Waals surface area (Å²) in [5.41, 5.74) is 8.42. The molecule has 7 nitrogen and oxygen atoms in total. The first-order valence-corrected chi connectivity index (χ1v) is 8.55. The minimum Gasteiger partial charge on any atom is -0.508 e. The van der Waals surface area contributed by atoms with E-state index in [0.717, 1.165) is 22.0 Å². The molecule has 6 N–H and O–H groups in total. The van der Waals surface area contributed by atoms with Crippen LogP contribution in [-0.4, -0.2) is 39.2 Å². The summed E-state index contributed by atoms with van der Waals surface area (Å²) in [6, 6.07) is 12.0. The lowest BCUT2D eigenvalue weighted by Crippen LogP contribution is -2.50. The molecule has 1 amide bonds. The Bertz CT molecular complexity index is 949. The van der Waals surface area contributed by atoms with Gasteiger partial charge in [-0.25, -0.2) is 4.79 Å². The lowest BCUT2D eigenvalue weighted by molar-refractivity contribution is -0.141. The third-order valence-electron chi connectivity index (χ3n) is 4.44. The van der Waals surface area contributed by atoms with Gasteiger partial charge in [0.2, 0.25) is 5.91 Å². The smallest absolute Gasteiger partial charge is 0.326 e. The monoisotopic (exact) mass is 367 g/mol. The number of aliphatic carboxylic acids is 1. The van der Waals surface area contributed by atoms with E-state index in [0.29, 0.717) is 0 Å². The zero-order valence-corrected chi connectivity index (χ0v) is 14.6. The number of amides is 1. The highest BCUT2D eigenvalue weighted by Crippen LogP contribution is 2.19. The summed E-state index contributed by atoms with van der Waals surface area (Å²) in [6.45, 7) is 0. The number of H-pyrrole nitrogens is 1. The molecular formula is C20H21N3O4. The Hall–Kier alpha value is -3.32. The van der Waals surface area contributed by atoms with Crippen LogP contribution in [0.1, 0.15) is 11.1 Å². The number of carbonyl (C=O) groups is 2. The Morgan fingerprint density at radius 1 is 1.07 bits per heavy atom. The van der Waals surface area contributed by atoms with Crippen LogP contribution in [0.4, 0.5) is 0 Å². The van der Waals surface area contributed by atoms with Crippen LogP contribution < -0.4 is 11.1 Å². The fourth-order valence-corrected chi connectivity index (χ4v) is 2.98. The van der Waals surface area contributed by atoms with Gasteiger partial charge in [-0.3, -0.25) is 4.79 Å². The molecule has 7 heteroatoms. The molecule has 0 aliphatic carbocycles. The number of hydrogen-bond donors (Lipinski definition) is 5. The maximum absolute atomic E-state index is 12.4. The van der Waals surface area contributed by atoms with Crippen LogP contribution in [0.5, 0.6) is 5.75 Å². The molecule has 1 aromatic heterocycles. The first kappa shape index (κ1) is 18.5. The van der Waals surface area contributed by atoms with Crippen LogP contribution >= 0.6 is 0 Å². The normalized spacial score (nSPS) is 13.2. The highest BCUT2D eigenvalue weighted by molar-refractivity contribution is 5.88. The number of benzene rings is 2. The van der Waals surface area contributed by atoms with Crippen LogP contribution in [0, 0.1) is 0 Å². The highest BCUT2D eigenvalue weighted by atomic mass is 16.4. The lowest BCUT2D eigenvalue weighted by atomic mass is 10.0. The van der Waals surface area contributed by atoms with Crippen molar-refractivity contribution in [3.63, 3.8) is 0 Å². The molecule has 0 radical (unpaired) electrons. The van der Waals surface area contributed by atoms with Gasteiger partial charge in [-0.2, -0.15) is 0 Å². The zero-order chi connectivity index (χ0) is 19.4. The molecule has 1 heterocycles. The number of carboxylic acids is 1. The summed E-state index contributed by atoms with van der Waals surface area (Å²) in [5, 5.41) is 22.2. The van der Waals surface area contributed by atoms with Crippen molar-refractivity contribution in [2.75, 3.05) is 0 Å². The number of para-hydroxylation sites is 1. The Balaban J connectivity index is 1.67. The molecule has 27 heavy (non-hydrogen) atoms. The second-order valence-corrected chi connectivity index (χ2v) is 6.44. The molecule has 0 aliphatic rings. The van der Waals surface area contributed by atoms with E-state index in [-0.39, 0.29) is 18.6 Å². The zero-order valence-electron chi connectivity index (χ0n) is 14.6. The number of carbonyl (C=O) groups excluding carboxylic acids is 1. The fraction of sp³-hybridized carbons (Fsp3) is 0.200. The molecule has 2 atom stereocenters. The fourth-order valence-electron chi connectivity index (χ4n) is 2.98. The van der Waals surface area contributed by atoms with Crippen molar-refractivity contribution in [3.05, 3.63) is 65.9 Å². The molecule has 2 aromatic carbocycles. The van der Waals surface area contributed by atoms with Gasteiger partial charge in [0, 0.05) is 23.5 Å². The van der Waals surface area contributed by atoms with Crippen molar-refractivity contribution < 1.29 is 19.8 Å². The maximum Gasteiger partial charge on any atom is 0.326 e. The Labute approximate surface area is 155 Å². The van der Waals surface area contributed by atoms with E-state index in [2.05, 4.69) is 10.3 Å².